The minimum Gasteiger partial charge on any atom is -0.409 e. The van der Waals surface area contributed by atoms with Crippen molar-refractivity contribution in [1.82, 2.24) is 5.32 Å². The number of unbranched alkanes of at least 4 members (excludes halogenated alkanes) is 8. The molecule has 0 spiro atoms. The Morgan fingerprint density at radius 1 is 1.10 bits per heavy atom. The van der Waals surface area contributed by atoms with Crippen molar-refractivity contribution in [2.45, 2.75) is 78.1 Å². The molecule has 0 bridgehead atoms. The van der Waals surface area contributed by atoms with Gasteiger partial charge in [0.2, 0.25) is 5.91 Å². The van der Waals surface area contributed by atoms with Crippen molar-refractivity contribution in [3.05, 3.63) is 0 Å². The second-order valence-electron chi connectivity index (χ2n) is 5.81. The molecular formula is C16H33N3O2. The van der Waals surface area contributed by atoms with Crippen molar-refractivity contribution < 1.29 is 10.0 Å². The zero-order valence-corrected chi connectivity index (χ0v) is 13.7. The molecule has 4 N–H and O–H groups in total. The van der Waals surface area contributed by atoms with Crippen LogP contribution in [0, 0.1) is 5.92 Å². The second-order valence-corrected chi connectivity index (χ2v) is 5.81. The summed E-state index contributed by atoms with van der Waals surface area (Å²) in [6.07, 6.45) is 11.8. The molecule has 5 nitrogen and oxygen atoms in total. The SMILES string of the molecule is CCCCCCCCCCCC(=O)NCC(C)C(N)=NO. The number of nitrogens with zero attached hydrogens (tertiary/aromatic N) is 1. The molecule has 0 saturated carbocycles. The topological polar surface area (TPSA) is 87.7 Å². The zero-order chi connectivity index (χ0) is 15.9. The summed E-state index contributed by atoms with van der Waals surface area (Å²) in [6.45, 7) is 4.47. The molecule has 0 rings (SSSR count). The van der Waals surface area contributed by atoms with Gasteiger partial charge in [-0.3, -0.25) is 4.79 Å². The molecule has 0 aromatic rings. The van der Waals surface area contributed by atoms with E-state index < -0.39 is 0 Å². The fourth-order valence-electron chi connectivity index (χ4n) is 2.15. The molecule has 5 heteroatoms. The highest BCUT2D eigenvalue weighted by Crippen LogP contribution is 2.10. The first-order chi connectivity index (χ1) is 10.1. The molecule has 0 aliphatic heterocycles. The number of oxime groups is 1. The van der Waals surface area contributed by atoms with Gasteiger partial charge >= 0.3 is 0 Å². The highest BCUT2D eigenvalue weighted by Gasteiger charge is 2.09. The van der Waals surface area contributed by atoms with E-state index in [1.54, 1.807) is 0 Å². The maximum atomic E-state index is 11.6. The van der Waals surface area contributed by atoms with Crippen molar-refractivity contribution in [2.24, 2.45) is 16.8 Å². The minimum absolute atomic E-state index is 0.0514. The lowest BCUT2D eigenvalue weighted by atomic mass is 10.1. The van der Waals surface area contributed by atoms with Gasteiger partial charge < -0.3 is 16.3 Å². The number of amides is 1. The number of hydrogen-bond donors (Lipinski definition) is 3. The van der Waals surface area contributed by atoms with Gasteiger partial charge in [0.15, 0.2) is 0 Å². The number of rotatable bonds is 13. The molecule has 0 heterocycles. The van der Waals surface area contributed by atoms with Gasteiger partial charge in [0.25, 0.3) is 0 Å². The van der Waals surface area contributed by atoms with Crippen molar-refractivity contribution in [3.63, 3.8) is 0 Å². The average Bonchev–Trinajstić information content (AvgIpc) is 2.50. The predicted octanol–water partition coefficient (Wildman–Crippen LogP) is 3.41. The van der Waals surface area contributed by atoms with Crippen LogP contribution in [0.3, 0.4) is 0 Å². The van der Waals surface area contributed by atoms with Crippen LogP contribution in [0.2, 0.25) is 0 Å². The molecule has 21 heavy (non-hydrogen) atoms. The molecule has 0 radical (unpaired) electrons. The van der Waals surface area contributed by atoms with Gasteiger partial charge in [-0.1, -0.05) is 70.4 Å². The Morgan fingerprint density at radius 2 is 1.62 bits per heavy atom. The van der Waals surface area contributed by atoms with Gasteiger partial charge in [0, 0.05) is 18.9 Å². The molecule has 0 saturated heterocycles. The Bertz CT molecular complexity index is 293. The summed E-state index contributed by atoms with van der Waals surface area (Å²) in [5, 5.41) is 14.3. The predicted molar refractivity (Wildman–Crippen MR) is 87.4 cm³/mol. The maximum absolute atomic E-state index is 11.6. The largest absolute Gasteiger partial charge is 0.409 e. The van der Waals surface area contributed by atoms with Gasteiger partial charge in [-0.25, -0.2) is 0 Å². The zero-order valence-electron chi connectivity index (χ0n) is 13.7. The van der Waals surface area contributed by atoms with Crippen LogP contribution in [0.1, 0.15) is 78.1 Å². The standard InChI is InChI=1S/C16H33N3O2/c1-3-4-5-6-7-8-9-10-11-12-15(20)18-13-14(2)16(17)19-21/h14,21H,3-13H2,1-2H3,(H2,17,19)(H,18,20). The van der Waals surface area contributed by atoms with E-state index in [1.165, 1.54) is 44.9 Å². The lowest BCUT2D eigenvalue weighted by Gasteiger charge is -2.10. The Morgan fingerprint density at radius 3 is 2.14 bits per heavy atom. The van der Waals surface area contributed by atoms with E-state index in [1.807, 2.05) is 6.92 Å². The first-order valence-electron chi connectivity index (χ1n) is 8.35. The first-order valence-corrected chi connectivity index (χ1v) is 8.35. The van der Waals surface area contributed by atoms with Gasteiger partial charge in [-0.15, -0.1) is 0 Å². The summed E-state index contributed by atoms with van der Waals surface area (Å²) >= 11 is 0. The lowest BCUT2D eigenvalue weighted by Crippen LogP contribution is -2.34. The monoisotopic (exact) mass is 299 g/mol. The molecule has 1 unspecified atom stereocenters. The van der Waals surface area contributed by atoms with E-state index in [2.05, 4.69) is 17.4 Å². The number of nitrogens with one attached hydrogen (secondary N) is 1. The number of amidine groups is 1. The van der Waals surface area contributed by atoms with E-state index in [4.69, 9.17) is 10.9 Å². The third-order valence-electron chi connectivity index (χ3n) is 3.73. The second kappa shape index (κ2) is 13.7. The number of nitrogens with two attached hydrogens (primary N) is 1. The Balaban J connectivity index is 3.38. The molecule has 0 fully saturated rings. The van der Waals surface area contributed by atoms with Crippen molar-refractivity contribution in [2.75, 3.05) is 6.54 Å². The minimum atomic E-state index is -0.137. The fourth-order valence-corrected chi connectivity index (χ4v) is 2.15. The van der Waals surface area contributed by atoms with Crippen molar-refractivity contribution in [1.29, 1.82) is 0 Å². The van der Waals surface area contributed by atoms with E-state index in [9.17, 15) is 4.79 Å². The summed E-state index contributed by atoms with van der Waals surface area (Å²) in [5.41, 5.74) is 5.45. The average molecular weight is 299 g/mol. The highest BCUT2D eigenvalue weighted by molar-refractivity contribution is 5.83. The molecule has 0 aromatic carbocycles. The smallest absolute Gasteiger partial charge is 0.220 e. The number of carbonyl (C=O) groups excluding carboxylic acids is 1. The summed E-state index contributed by atoms with van der Waals surface area (Å²) in [5.74, 6) is 0.0657. The molecule has 124 valence electrons. The van der Waals surface area contributed by atoms with Crippen LogP contribution >= 0.6 is 0 Å². The third kappa shape index (κ3) is 12.2. The van der Waals surface area contributed by atoms with Crippen LogP contribution in [0.15, 0.2) is 5.16 Å². The Hall–Kier alpha value is -1.26. The van der Waals surface area contributed by atoms with Gasteiger partial charge in [-0.05, 0) is 6.42 Å². The van der Waals surface area contributed by atoms with Crippen LogP contribution < -0.4 is 11.1 Å². The molecule has 0 aliphatic rings. The fraction of sp³-hybridized carbons (Fsp3) is 0.875. The van der Waals surface area contributed by atoms with Gasteiger partial charge in [0.1, 0.15) is 5.84 Å². The third-order valence-corrected chi connectivity index (χ3v) is 3.73. The Kier molecular flexibility index (Phi) is 12.9. The summed E-state index contributed by atoms with van der Waals surface area (Å²) in [6, 6.07) is 0. The molecule has 0 aliphatic carbocycles. The normalized spacial score (nSPS) is 13.1. The van der Waals surface area contributed by atoms with Gasteiger partial charge in [-0.2, -0.15) is 0 Å². The van der Waals surface area contributed by atoms with E-state index >= 15 is 0 Å². The van der Waals surface area contributed by atoms with Gasteiger partial charge in [0.05, 0.1) is 0 Å². The van der Waals surface area contributed by atoms with Crippen LogP contribution in [0.25, 0.3) is 0 Å². The van der Waals surface area contributed by atoms with Crippen molar-refractivity contribution in [3.8, 4) is 0 Å². The van der Waals surface area contributed by atoms with E-state index in [-0.39, 0.29) is 17.7 Å². The molecule has 1 atom stereocenters. The molecular weight excluding hydrogens is 266 g/mol. The summed E-state index contributed by atoms with van der Waals surface area (Å²) in [4.78, 5) is 11.6. The molecule has 1 amide bonds. The van der Waals surface area contributed by atoms with Crippen LogP contribution in [0.4, 0.5) is 0 Å². The first kappa shape index (κ1) is 19.7. The molecule has 0 aromatic heterocycles. The van der Waals surface area contributed by atoms with Crippen molar-refractivity contribution >= 4 is 11.7 Å². The number of carbonyl (C=O) groups is 1. The number of hydrogen-bond acceptors (Lipinski definition) is 3. The van der Waals surface area contributed by atoms with E-state index in [0.29, 0.717) is 13.0 Å². The van der Waals surface area contributed by atoms with E-state index in [0.717, 1.165) is 12.8 Å². The van der Waals surface area contributed by atoms with Crippen LogP contribution in [0.5, 0.6) is 0 Å². The highest BCUT2D eigenvalue weighted by atomic mass is 16.4. The maximum Gasteiger partial charge on any atom is 0.220 e. The quantitative estimate of drug-likeness (QED) is 0.160. The lowest BCUT2D eigenvalue weighted by molar-refractivity contribution is -0.121. The summed E-state index contributed by atoms with van der Waals surface area (Å²) in [7, 11) is 0. The Labute approximate surface area is 129 Å². The van der Waals surface area contributed by atoms with Crippen LogP contribution in [-0.4, -0.2) is 23.5 Å². The summed E-state index contributed by atoms with van der Waals surface area (Å²) < 4.78 is 0. The van der Waals surface area contributed by atoms with Crippen LogP contribution in [-0.2, 0) is 4.79 Å².